The van der Waals surface area contributed by atoms with Crippen LogP contribution in [0, 0.1) is 25.2 Å². The molecular formula is C28H33N7. The Balaban J connectivity index is 1.94. The summed E-state index contributed by atoms with van der Waals surface area (Å²) >= 11 is 0. The van der Waals surface area contributed by atoms with Crippen molar-refractivity contribution in [3.05, 3.63) is 65.7 Å². The molecule has 0 aliphatic carbocycles. The molecule has 3 heterocycles. The molecular weight excluding hydrogens is 434 g/mol. The van der Waals surface area contributed by atoms with E-state index in [0.29, 0.717) is 11.6 Å². The summed E-state index contributed by atoms with van der Waals surface area (Å²) in [5, 5.41) is 9.30. The van der Waals surface area contributed by atoms with Gasteiger partial charge < -0.3 is 9.80 Å². The Morgan fingerprint density at radius 2 is 1.83 bits per heavy atom. The molecule has 0 fully saturated rings. The highest BCUT2D eigenvalue weighted by Gasteiger charge is 2.22. The van der Waals surface area contributed by atoms with E-state index in [9.17, 15) is 5.26 Å². The number of aryl methyl sites for hydroxylation is 2. The third-order valence-electron chi connectivity index (χ3n) is 6.81. The van der Waals surface area contributed by atoms with Gasteiger partial charge in [-0.05, 0) is 72.0 Å². The Hall–Kier alpha value is -3.76. The lowest BCUT2D eigenvalue weighted by molar-refractivity contribution is 0.300. The smallest absolute Gasteiger partial charge is 0.211 e. The third-order valence-corrected chi connectivity index (χ3v) is 6.81. The first kappa shape index (κ1) is 24.4. The topological polar surface area (TPSA) is 73.3 Å². The molecule has 0 aliphatic rings. The van der Waals surface area contributed by atoms with Crippen molar-refractivity contribution >= 4 is 11.6 Å². The first-order valence-corrected chi connectivity index (χ1v) is 12.1. The van der Waals surface area contributed by atoms with Crippen LogP contribution in [0.2, 0.25) is 0 Å². The van der Waals surface area contributed by atoms with Gasteiger partial charge in [0.05, 0.1) is 22.9 Å². The van der Waals surface area contributed by atoms with Gasteiger partial charge in [0.25, 0.3) is 0 Å². The van der Waals surface area contributed by atoms with Crippen LogP contribution < -0.4 is 4.90 Å². The molecule has 180 valence electrons. The summed E-state index contributed by atoms with van der Waals surface area (Å²) in [6, 6.07) is 12.4. The predicted octanol–water partition coefficient (Wildman–Crippen LogP) is 5.11. The van der Waals surface area contributed by atoms with E-state index in [1.54, 1.807) is 0 Å². The van der Waals surface area contributed by atoms with Crippen LogP contribution in [0.15, 0.2) is 48.9 Å². The number of imidazole rings is 1. The first-order valence-electron chi connectivity index (χ1n) is 12.1. The van der Waals surface area contributed by atoms with Gasteiger partial charge in [0.1, 0.15) is 5.65 Å². The average Bonchev–Trinajstić information content (AvgIpc) is 3.35. The fraction of sp³-hybridized carbons (Fsp3) is 0.357. The second-order valence-electron chi connectivity index (χ2n) is 9.25. The normalized spacial score (nSPS) is 12.2. The molecule has 0 N–H and O–H groups in total. The van der Waals surface area contributed by atoms with Crippen LogP contribution in [-0.2, 0) is 0 Å². The number of nitrogens with zero attached hydrogens (tertiary/aromatic N) is 7. The Bertz CT molecular complexity index is 1360. The highest BCUT2D eigenvalue weighted by atomic mass is 15.3. The minimum Gasteiger partial charge on any atom is -0.342 e. The van der Waals surface area contributed by atoms with E-state index < -0.39 is 0 Å². The number of benzene rings is 1. The monoisotopic (exact) mass is 467 g/mol. The van der Waals surface area contributed by atoms with Gasteiger partial charge in [-0.25, -0.2) is 9.97 Å². The largest absolute Gasteiger partial charge is 0.342 e. The minimum absolute atomic E-state index is 0.459. The molecule has 0 aliphatic heterocycles. The lowest BCUT2D eigenvalue weighted by Crippen LogP contribution is -2.33. The van der Waals surface area contributed by atoms with Crippen LogP contribution in [0.25, 0.3) is 28.0 Å². The number of aromatic nitrogens is 4. The summed E-state index contributed by atoms with van der Waals surface area (Å²) in [4.78, 5) is 19.2. The van der Waals surface area contributed by atoms with Gasteiger partial charge >= 0.3 is 0 Å². The summed E-state index contributed by atoms with van der Waals surface area (Å²) in [5.74, 6) is 0.867. The van der Waals surface area contributed by atoms with Gasteiger partial charge in [-0.2, -0.15) is 5.26 Å². The van der Waals surface area contributed by atoms with Crippen LogP contribution >= 0.6 is 0 Å². The molecule has 35 heavy (non-hydrogen) atoms. The van der Waals surface area contributed by atoms with Gasteiger partial charge in [-0.3, -0.25) is 9.38 Å². The molecule has 3 aromatic heterocycles. The van der Waals surface area contributed by atoms with E-state index in [4.69, 9.17) is 9.97 Å². The summed E-state index contributed by atoms with van der Waals surface area (Å²) < 4.78 is 2.08. The summed E-state index contributed by atoms with van der Waals surface area (Å²) in [7, 11) is 4.23. The number of rotatable bonds is 8. The molecule has 0 bridgehead atoms. The number of hydrogen-bond donors (Lipinski definition) is 0. The van der Waals surface area contributed by atoms with Crippen molar-refractivity contribution in [1.29, 1.82) is 5.26 Å². The van der Waals surface area contributed by atoms with E-state index >= 15 is 0 Å². The number of pyridine rings is 1. The van der Waals surface area contributed by atoms with E-state index in [1.807, 2.05) is 49.8 Å². The van der Waals surface area contributed by atoms with Crippen LogP contribution in [-0.4, -0.2) is 57.5 Å². The Kier molecular flexibility index (Phi) is 7.13. The first-order chi connectivity index (χ1) is 16.8. The van der Waals surface area contributed by atoms with Gasteiger partial charge in [0.15, 0.2) is 0 Å². The predicted molar refractivity (Wildman–Crippen MR) is 141 cm³/mol. The highest BCUT2D eigenvalue weighted by molar-refractivity contribution is 5.91. The lowest BCUT2D eigenvalue weighted by atomic mass is 9.99. The fourth-order valence-corrected chi connectivity index (χ4v) is 4.15. The third kappa shape index (κ3) is 4.89. The lowest BCUT2D eigenvalue weighted by Gasteiger charge is -2.28. The SMILES string of the molecule is CCN(CCC(C)N(C)C)c1nc(-c2ccc(C#N)cc2)c(-c2cnc(C)c(C)c2)c2nccn12. The molecule has 0 saturated carbocycles. The quantitative estimate of drug-likeness (QED) is 0.358. The van der Waals surface area contributed by atoms with Crippen LogP contribution in [0.3, 0.4) is 0 Å². The van der Waals surface area contributed by atoms with Gasteiger partial charge in [-0.1, -0.05) is 12.1 Å². The molecule has 4 aromatic rings. The zero-order valence-corrected chi connectivity index (χ0v) is 21.4. The van der Waals surface area contributed by atoms with E-state index in [0.717, 1.165) is 64.7 Å². The van der Waals surface area contributed by atoms with Crippen molar-refractivity contribution in [2.75, 3.05) is 32.1 Å². The number of anilines is 1. The van der Waals surface area contributed by atoms with E-state index in [1.165, 1.54) is 0 Å². The molecule has 7 nitrogen and oxygen atoms in total. The molecule has 4 rings (SSSR count). The number of fused-ring (bicyclic) bond motifs is 1. The molecule has 1 atom stereocenters. The van der Waals surface area contributed by atoms with Gasteiger partial charge in [0.2, 0.25) is 5.95 Å². The second kappa shape index (κ2) is 10.2. The number of nitriles is 1. The molecule has 1 unspecified atom stereocenters. The summed E-state index contributed by atoms with van der Waals surface area (Å²) in [6.07, 6.45) is 6.73. The highest BCUT2D eigenvalue weighted by Crippen LogP contribution is 2.36. The van der Waals surface area contributed by atoms with E-state index in [2.05, 4.69) is 66.2 Å². The van der Waals surface area contributed by atoms with Crippen molar-refractivity contribution in [3.63, 3.8) is 0 Å². The minimum atomic E-state index is 0.459. The van der Waals surface area contributed by atoms with Crippen molar-refractivity contribution in [3.8, 4) is 28.5 Å². The van der Waals surface area contributed by atoms with Gasteiger partial charge in [0, 0.05) is 54.5 Å². The zero-order valence-electron chi connectivity index (χ0n) is 21.4. The van der Waals surface area contributed by atoms with Crippen molar-refractivity contribution < 1.29 is 0 Å². The average molecular weight is 468 g/mol. The maximum Gasteiger partial charge on any atom is 0.211 e. The summed E-state index contributed by atoms with van der Waals surface area (Å²) in [6.45, 7) is 10.2. The van der Waals surface area contributed by atoms with Crippen LogP contribution in [0.4, 0.5) is 5.95 Å². The van der Waals surface area contributed by atoms with Gasteiger partial charge in [-0.15, -0.1) is 0 Å². The maximum atomic E-state index is 9.30. The summed E-state index contributed by atoms with van der Waals surface area (Å²) in [5.41, 5.74) is 7.30. The Morgan fingerprint density at radius 3 is 2.46 bits per heavy atom. The standard InChI is InChI=1S/C28H33N7/c1-7-34(14-12-20(3)33(5)6)28-32-26(23-10-8-22(17-29)9-11-23)25(27-30-13-15-35(27)28)24-16-19(2)21(4)31-18-24/h8-11,13,15-16,18,20H,7,12,14H2,1-6H3. The van der Waals surface area contributed by atoms with Crippen molar-refractivity contribution in [2.24, 2.45) is 0 Å². The zero-order chi connectivity index (χ0) is 25.1. The second-order valence-corrected chi connectivity index (χ2v) is 9.25. The number of hydrogen-bond acceptors (Lipinski definition) is 6. The molecule has 0 saturated heterocycles. The fourth-order valence-electron chi connectivity index (χ4n) is 4.15. The molecule has 1 aromatic carbocycles. The molecule has 0 radical (unpaired) electrons. The molecule has 0 spiro atoms. The van der Waals surface area contributed by atoms with Crippen molar-refractivity contribution in [2.45, 2.75) is 40.2 Å². The Labute approximate surface area is 207 Å². The van der Waals surface area contributed by atoms with Crippen molar-refractivity contribution in [1.82, 2.24) is 24.3 Å². The molecule has 7 heteroatoms. The maximum absolute atomic E-state index is 9.30. The van der Waals surface area contributed by atoms with Crippen LogP contribution in [0.1, 0.15) is 37.1 Å². The molecule has 0 amide bonds. The Morgan fingerprint density at radius 1 is 1.09 bits per heavy atom. The van der Waals surface area contributed by atoms with E-state index in [-0.39, 0.29) is 0 Å². The van der Waals surface area contributed by atoms with Crippen LogP contribution in [0.5, 0.6) is 0 Å².